The molecule has 0 aromatic heterocycles. The Morgan fingerprint density at radius 3 is 1.26 bits per heavy atom. The van der Waals surface area contributed by atoms with Crippen LogP contribution in [0.3, 0.4) is 0 Å². The van der Waals surface area contributed by atoms with Crippen molar-refractivity contribution in [3.63, 3.8) is 0 Å². The maximum Gasteiger partial charge on any atom is 0.173 e. The van der Waals surface area contributed by atoms with E-state index in [0.717, 1.165) is 11.6 Å². The first kappa shape index (κ1) is 32.7. The Morgan fingerprint density at radius 1 is 0.489 bits per heavy atom. The summed E-state index contributed by atoms with van der Waals surface area (Å²) in [5.41, 5.74) is 9.86. The maximum absolute atomic E-state index is 6.11. The molecule has 0 bridgehead atoms. The molecule has 0 aliphatic rings. The molecule has 0 amide bonds. The molecule has 4 heteroatoms. The number of hydrogen-bond acceptors (Lipinski definition) is 2. The Kier molecular flexibility index (Phi) is 9.65. The number of rotatable bonds is 9. The van der Waals surface area contributed by atoms with Crippen molar-refractivity contribution in [3.8, 4) is 0 Å². The van der Waals surface area contributed by atoms with Gasteiger partial charge in [-0.05, 0) is 98.7 Å². The van der Waals surface area contributed by atoms with Gasteiger partial charge in [0.25, 0.3) is 0 Å². The minimum atomic E-state index is -2.51. The van der Waals surface area contributed by atoms with Crippen molar-refractivity contribution in [2.75, 3.05) is 11.0 Å². The van der Waals surface area contributed by atoms with Crippen molar-refractivity contribution in [1.29, 1.82) is 0 Å². The summed E-state index contributed by atoms with van der Waals surface area (Å²) in [6.45, 7) is 13.3. The van der Waals surface area contributed by atoms with Gasteiger partial charge in [-0.1, -0.05) is 132 Å². The SMILES string of the molecule is Cc1cc(C)c(N=P(C[P+](Nc2c(C)cc(C)cc2C)(c2ccccc2)c2ccccc2)(c2ccccc2)c2ccccc2)c(C)c1. The molecule has 0 spiro atoms. The van der Waals surface area contributed by atoms with Crippen LogP contribution in [0.25, 0.3) is 0 Å². The highest BCUT2D eigenvalue weighted by Gasteiger charge is 2.50. The van der Waals surface area contributed by atoms with Gasteiger partial charge in [-0.2, -0.15) is 0 Å². The van der Waals surface area contributed by atoms with Crippen LogP contribution in [0, 0.1) is 41.5 Å². The highest BCUT2D eigenvalue weighted by atomic mass is 31.2. The molecule has 0 aliphatic heterocycles. The van der Waals surface area contributed by atoms with Crippen LogP contribution in [0.1, 0.15) is 33.4 Å². The normalized spacial score (nSPS) is 11.7. The quantitative estimate of drug-likeness (QED) is 0.155. The molecule has 0 heterocycles. The van der Waals surface area contributed by atoms with Gasteiger partial charge in [0.15, 0.2) is 7.41 Å². The second-order valence-corrected chi connectivity index (χ2v) is 19.6. The lowest BCUT2D eigenvalue weighted by atomic mass is 10.1. The monoisotopic (exact) mass is 651 g/mol. The van der Waals surface area contributed by atoms with Gasteiger partial charge >= 0.3 is 0 Å². The third kappa shape index (κ3) is 6.64. The van der Waals surface area contributed by atoms with Crippen LogP contribution >= 0.6 is 14.5 Å². The average Bonchev–Trinajstić information content (AvgIpc) is 3.08. The van der Waals surface area contributed by atoms with Gasteiger partial charge in [-0.3, -0.25) is 9.83 Å². The highest BCUT2D eigenvalue weighted by molar-refractivity contribution is 8.01. The van der Waals surface area contributed by atoms with Crippen molar-refractivity contribution >= 4 is 47.1 Å². The number of benzene rings is 6. The average molecular weight is 652 g/mol. The van der Waals surface area contributed by atoms with E-state index in [9.17, 15) is 0 Å². The fourth-order valence-electron chi connectivity index (χ4n) is 7.01. The van der Waals surface area contributed by atoms with Crippen molar-refractivity contribution in [1.82, 2.24) is 0 Å². The molecule has 47 heavy (non-hydrogen) atoms. The number of nitrogens with one attached hydrogen (secondary N) is 1. The Labute approximate surface area is 282 Å². The molecule has 236 valence electrons. The Bertz CT molecular complexity index is 1910. The van der Waals surface area contributed by atoms with Gasteiger partial charge < -0.3 is 0 Å². The zero-order valence-corrected chi connectivity index (χ0v) is 30.2. The van der Waals surface area contributed by atoms with E-state index < -0.39 is 14.5 Å². The summed E-state index contributed by atoms with van der Waals surface area (Å²) >= 11 is 0. The second kappa shape index (κ2) is 13.9. The predicted octanol–water partition coefficient (Wildman–Crippen LogP) is 10.7. The zero-order chi connectivity index (χ0) is 33.0. The Balaban J connectivity index is 1.78. The molecule has 0 saturated heterocycles. The Hall–Kier alpha value is -4.22. The summed E-state index contributed by atoms with van der Waals surface area (Å²) < 4.78 is 6.11. The summed E-state index contributed by atoms with van der Waals surface area (Å²) in [6.07, 6.45) is 0. The van der Waals surface area contributed by atoms with Crippen molar-refractivity contribution < 1.29 is 0 Å². The van der Waals surface area contributed by atoms with E-state index in [4.69, 9.17) is 4.74 Å². The molecule has 0 saturated carbocycles. The van der Waals surface area contributed by atoms with E-state index in [1.54, 1.807) is 0 Å². The van der Waals surface area contributed by atoms with Gasteiger partial charge in [0.1, 0.15) is 16.5 Å². The number of hydrogen-bond donors (Lipinski definition) is 1. The van der Waals surface area contributed by atoms with Gasteiger partial charge in [0.2, 0.25) is 0 Å². The van der Waals surface area contributed by atoms with Crippen LogP contribution in [-0.4, -0.2) is 5.90 Å². The molecule has 0 fully saturated rings. The molecule has 0 radical (unpaired) electrons. The first-order chi connectivity index (χ1) is 22.7. The smallest absolute Gasteiger partial charge is 0.173 e. The molecule has 1 N–H and O–H groups in total. The summed E-state index contributed by atoms with van der Waals surface area (Å²) in [5, 5.41) is 9.63. The van der Waals surface area contributed by atoms with Crippen LogP contribution < -0.4 is 26.3 Å². The maximum atomic E-state index is 6.11. The van der Waals surface area contributed by atoms with Gasteiger partial charge in [0, 0.05) is 0 Å². The lowest BCUT2D eigenvalue weighted by molar-refractivity contribution is 1.29. The molecular weight excluding hydrogens is 606 g/mol. The zero-order valence-electron chi connectivity index (χ0n) is 28.4. The molecule has 0 atom stereocenters. The van der Waals surface area contributed by atoms with E-state index in [2.05, 4.69) is 192 Å². The van der Waals surface area contributed by atoms with Crippen LogP contribution in [0.5, 0.6) is 0 Å². The van der Waals surface area contributed by atoms with Crippen molar-refractivity contribution in [2.24, 2.45) is 4.74 Å². The number of aryl methyl sites for hydroxylation is 6. The van der Waals surface area contributed by atoms with Crippen LogP contribution in [0.2, 0.25) is 0 Å². The predicted molar refractivity (Wildman–Crippen MR) is 210 cm³/mol. The van der Waals surface area contributed by atoms with Gasteiger partial charge in [0.05, 0.1) is 18.4 Å². The molecule has 0 aliphatic carbocycles. The first-order valence-corrected chi connectivity index (χ1v) is 20.3. The fraction of sp³-hybridized carbons (Fsp3) is 0.163. The molecule has 6 rings (SSSR count). The van der Waals surface area contributed by atoms with Crippen LogP contribution in [0.15, 0.2) is 150 Å². The first-order valence-electron chi connectivity index (χ1n) is 16.4. The fourth-order valence-corrected chi connectivity index (χ4v) is 17.8. The minimum absolute atomic E-state index is 0.849. The summed E-state index contributed by atoms with van der Waals surface area (Å²) in [4.78, 5) is 0. The summed E-state index contributed by atoms with van der Waals surface area (Å²) in [7, 11) is -4.92. The number of nitrogens with zero attached hydrogens (tertiary/aromatic N) is 1. The topological polar surface area (TPSA) is 24.4 Å². The van der Waals surface area contributed by atoms with Crippen LogP contribution in [-0.2, 0) is 0 Å². The minimum Gasteiger partial charge on any atom is -0.254 e. The lowest BCUT2D eigenvalue weighted by Gasteiger charge is -2.36. The van der Waals surface area contributed by atoms with E-state index in [1.165, 1.54) is 60.3 Å². The van der Waals surface area contributed by atoms with Gasteiger partial charge in [-0.25, -0.2) is 0 Å². The summed E-state index contributed by atoms with van der Waals surface area (Å²) in [6, 6.07) is 53.8. The molecule has 2 nitrogen and oxygen atoms in total. The third-order valence-electron chi connectivity index (χ3n) is 9.06. The molecule has 6 aromatic carbocycles. The van der Waals surface area contributed by atoms with E-state index in [-0.39, 0.29) is 0 Å². The standard InChI is InChI=1S/C43H45N2P2/c1-32-27-34(3)42(35(4)28-32)44-46(38-19-11-7-12-20-38,39-21-13-8-14-22-39)31-47(40-23-15-9-16-24-40,41-25-17-10-18-26-41)45-43-36(5)29-33(2)30-37(43)6/h7-30,44H,31H2,1-6H3/q+1. The molecule has 6 aromatic rings. The number of anilines is 1. The molecule has 0 unspecified atom stereocenters. The van der Waals surface area contributed by atoms with E-state index >= 15 is 0 Å². The second-order valence-electron chi connectivity index (χ2n) is 12.8. The largest absolute Gasteiger partial charge is 0.254 e. The summed E-state index contributed by atoms with van der Waals surface area (Å²) in [5.74, 6) is 0.849. The van der Waals surface area contributed by atoms with Crippen molar-refractivity contribution in [2.45, 2.75) is 41.5 Å². The van der Waals surface area contributed by atoms with Crippen molar-refractivity contribution in [3.05, 3.63) is 179 Å². The van der Waals surface area contributed by atoms with Crippen LogP contribution in [0.4, 0.5) is 11.4 Å². The lowest BCUT2D eigenvalue weighted by Crippen LogP contribution is -2.34. The van der Waals surface area contributed by atoms with E-state index in [1.807, 2.05) is 0 Å². The Morgan fingerprint density at radius 2 is 0.851 bits per heavy atom. The molecular formula is C43H45N2P2+. The van der Waals surface area contributed by atoms with Gasteiger partial charge in [-0.15, -0.1) is 0 Å². The third-order valence-corrected chi connectivity index (χ3v) is 18.2. The van der Waals surface area contributed by atoms with E-state index in [0.29, 0.717) is 0 Å². The highest BCUT2D eigenvalue weighted by Crippen LogP contribution is 2.69.